The third kappa shape index (κ3) is 4.88. The molecule has 1 amide bonds. The molecule has 2 rings (SSSR count). The zero-order chi connectivity index (χ0) is 20.1. The summed E-state index contributed by atoms with van der Waals surface area (Å²) >= 11 is 0. The molecular weight excluding hydrogens is 354 g/mol. The van der Waals surface area contributed by atoms with Crippen LogP contribution in [0.15, 0.2) is 42.5 Å². The van der Waals surface area contributed by atoms with Gasteiger partial charge in [-0.2, -0.15) is 0 Å². The number of anilines is 2. The van der Waals surface area contributed by atoms with Gasteiger partial charge in [-0.3, -0.25) is 19.7 Å². The highest BCUT2D eigenvalue weighted by Crippen LogP contribution is 2.23. The molecule has 9 heteroatoms. The predicted octanol–water partition coefficient (Wildman–Crippen LogP) is 2.56. The van der Waals surface area contributed by atoms with Gasteiger partial charge in [0.15, 0.2) is 11.9 Å². The number of ketones is 1. The summed E-state index contributed by atoms with van der Waals surface area (Å²) in [6, 6.07) is 9.77. The quantitative estimate of drug-likeness (QED) is 0.261. The van der Waals surface area contributed by atoms with Gasteiger partial charge in [-0.05, 0) is 38.1 Å². The molecule has 1 atom stereocenters. The lowest BCUT2D eigenvalue weighted by Gasteiger charge is -2.14. The van der Waals surface area contributed by atoms with Crippen molar-refractivity contribution in [3.63, 3.8) is 0 Å². The van der Waals surface area contributed by atoms with Crippen LogP contribution >= 0.6 is 0 Å². The average molecular weight is 371 g/mol. The summed E-state index contributed by atoms with van der Waals surface area (Å²) in [5.41, 5.74) is 5.65. The molecule has 0 aliphatic heterocycles. The Labute approximate surface area is 154 Å². The topological polar surface area (TPSA) is 142 Å². The third-order valence-corrected chi connectivity index (χ3v) is 3.65. The normalized spacial score (nSPS) is 11.3. The van der Waals surface area contributed by atoms with E-state index in [0.717, 1.165) is 6.07 Å². The molecule has 140 valence electrons. The summed E-state index contributed by atoms with van der Waals surface area (Å²) in [6.07, 6.45) is -1.17. The zero-order valence-electron chi connectivity index (χ0n) is 14.6. The Morgan fingerprint density at radius 3 is 2.48 bits per heavy atom. The molecule has 0 unspecified atom stereocenters. The first kappa shape index (κ1) is 19.6. The van der Waals surface area contributed by atoms with E-state index in [0.29, 0.717) is 11.3 Å². The van der Waals surface area contributed by atoms with Gasteiger partial charge in [0.2, 0.25) is 0 Å². The number of ether oxygens (including phenoxy) is 1. The fourth-order valence-corrected chi connectivity index (χ4v) is 2.17. The summed E-state index contributed by atoms with van der Waals surface area (Å²) in [6.45, 7) is 2.75. The van der Waals surface area contributed by atoms with E-state index in [1.807, 2.05) is 0 Å². The van der Waals surface area contributed by atoms with Crippen LogP contribution in [0.1, 0.15) is 34.6 Å². The van der Waals surface area contributed by atoms with Crippen LogP contribution in [0.4, 0.5) is 17.1 Å². The predicted molar refractivity (Wildman–Crippen MR) is 97.5 cm³/mol. The molecule has 0 bridgehead atoms. The van der Waals surface area contributed by atoms with E-state index in [9.17, 15) is 24.5 Å². The fourth-order valence-electron chi connectivity index (χ4n) is 2.17. The van der Waals surface area contributed by atoms with E-state index < -0.39 is 28.6 Å². The average Bonchev–Trinajstić information content (AvgIpc) is 2.61. The number of nitro groups is 1. The van der Waals surface area contributed by atoms with E-state index in [2.05, 4.69) is 5.32 Å². The Balaban J connectivity index is 2.07. The second-order valence-corrected chi connectivity index (χ2v) is 5.70. The van der Waals surface area contributed by atoms with Gasteiger partial charge in [-0.1, -0.05) is 12.1 Å². The fraction of sp³-hybridized carbons (Fsp3) is 0.167. The maximum absolute atomic E-state index is 12.2. The minimum atomic E-state index is -1.17. The number of carbonyl (C=O) groups is 3. The standard InChI is InChI=1S/C18H17N3O6/c1-10(22)12-4-3-5-14(8-12)20-17(23)11(2)27-18(24)13-6-7-15(19)16(9-13)21(25)26/h3-9,11H,19H2,1-2H3,(H,20,23)/t11-/m1/s1. The molecule has 2 aromatic carbocycles. The molecule has 0 fully saturated rings. The van der Waals surface area contributed by atoms with Gasteiger partial charge in [-0.25, -0.2) is 4.79 Å². The van der Waals surface area contributed by atoms with Crippen molar-refractivity contribution in [1.29, 1.82) is 0 Å². The molecule has 0 spiro atoms. The Kier molecular flexibility index (Phi) is 5.86. The van der Waals surface area contributed by atoms with Gasteiger partial charge in [0, 0.05) is 17.3 Å². The smallest absolute Gasteiger partial charge is 0.339 e. The number of Topliss-reactive ketones (excluding diaryl/α,β-unsaturated/α-hetero) is 1. The van der Waals surface area contributed by atoms with Crippen molar-refractivity contribution in [2.75, 3.05) is 11.1 Å². The third-order valence-electron chi connectivity index (χ3n) is 3.65. The number of esters is 1. The lowest BCUT2D eigenvalue weighted by atomic mass is 10.1. The number of amides is 1. The molecule has 0 radical (unpaired) electrons. The van der Waals surface area contributed by atoms with Crippen LogP contribution in [-0.4, -0.2) is 28.7 Å². The SMILES string of the molecule is CC(=O)c1cccc(NC(=O)[C@@H](C)OC(=O)c2ccc(N)c([N+](=O)[O-])c2)c1. The summed E-state index contributed by atoms with van der Waals surface area (Å²) in [7, 11) is 0. The highest BCUT2D eigenvalue weighted by molar-refractivity contribution is 5.99. The first-order chi connectivity index (χ1) is 12.7. The van der Waals surface area contributed by atoms with Crippen molar-refractivity contribution in [2.24, 2.45) is 0 Å². The monoisotopic (exact) mass is 371 g/mol. The summed E-state index contributed by atoms with van der Waals surface area (Å²) in [5.74, 6) is -1.68. The first-order valence-corrected chi connectivity index (χ1v) is 7.86. The number of carbonyl (C=O) groups excluding carboxylic acids is 3. The Bertz CT molecular complexity index is 925. The lowest BCUT2D eigenvalue weighted by Crippen LogP contribution is -2.30. The maximum Gasteiger partial charge on any atom is 0.339 e. The molecular formula is C18H17N3O6. The van der Waals surface area contributed by atoms with Crippen LogP contribution in [0.25, 0.3) is 0 Å². The van der Waals surface area contributed by atoms with E-state index >= 15 is 0 Å². The molecule has 0 aliphatic rings. The number of rotatable bonds is 6. The Hall–Kier alpha value is -3.75. The van der Waals surface area contributed by atoms with Crippen LogP contribution in [-0.2, 0) is 9.53 Å². The van der Waals surface area contributed by atoms with Crippen LogP contribution in [0.3, 0.4) is 0 Å². The molecule has 0 aromatic heterocycles. The lowest BCUT2D eigenvalue weighted by molar-refractivity contribution is -0.383. The van der Waals surface area contributed by atoms with Gasteiger partial charge in [0.05, 0.1) is 10.5 Å². The Morgan fingerprint density at radius 2 is 1.85 bits per heavy atom. The molecule has 2 aromatic rings. The number of nitrogens with two attached hydrogens (primary N) is 1. The van der Waals surface area contributed by atoms with Crippen molar-refractivity contribution < 1.29 is 24.0 Å². The molecule has 0 heterocycles. The molecule has 0 aliphatic carbocycles. The number of hydrogen-bond donors (Lipinski definition) is 2. The van der Waals surface area contributed by atoms with Crippen molar-refractivity contribution in [3.8, 4) is 0 Å². The second-order valence-electron chi connectivity index (χ2n) is 5.70. The molecule has 9 nitrogen and oxygen atoms in total. The molecule has 0 saturated heterocycles. The number of nitro benzene ring substituents is 1. The first-order valence-electron chi connectivity index (χ1n) is 7.86. The van der Waals surface area contributed by atoms with Crippen molar-refractivity contribution in [1.82, 2.24) is 0 Å². The van der Waals surface area contributed by atoms with Gasteiger partial charge in [0.1, 0.15) is 5.69 Å². The van der Waals surface area contributed by atoms with Crippen LogP contribution < -0.4 is 11.1 Å². The Morgan fingerprint density at radius 1 is 1.15 bits per heavy atom. The number of benzene rings is 2. The highest BCUT2D eigenvalue weighted by Gasteiger charge is 2.22. The van der Waals surface area contributed by atoms with Gasteiger partial charge in [0.25, 0.3) is 11.6 Å². The van der Waals surface area contributed by atoms with Gasteiger partial charge in [-0.15, -0.1) is 0 Å². The van der Waals surface area contributed by atoms with Gasteiger partial charge < -0.3 is 15.8 Å². The minimum absolute atomic E-state index is 0.0901. The molecule has 3 N–H and O–H groups in total. The maximum atomic E-state index is 12.2. The van der Waals surface area contributed by atoms with Crippen LogP contribution in [0.5, 0.6) is 0 Å². The van der Waals surface area contributed by atoms with E-state index in [1.54, 1.807) is 18.2 Å². The van der Waals surface area contributed by atoms with Crippen molar-refractivity contribution >= 4 is 34.7 Å². The van der Waals surface area contributed by atoms with Crippen molar-refractivity contribution in [2.45, 2.75) is 20.0 Å². The number of nitrogens with zero attached hydrogens (tertiary/aromatic N) is 1. The van der Waals surface area contributed by atoms with Gasteiger partial charge >= 0.3 is 5.97 Å². The van der Waals surface area contributed by atoms with E-state index in [-0.39, 0.29) is 17.0 Å². The van der Waals surface area contributed by atoms with E-state index in [1.165, 1.54) is 32.0 Å². The van der Waals surface area contributed by atoms with Crippen molar-refractivity contribution in [3.05, 3.63) is 63.7 Å². The summed E-state index contributed by atoms with van der Waals surface area (Å²) in [5, 5.41) is 13.4. The van der Waals surface area contributed by atoms with Crippen LogP contribution in [0.2, 0.25) is 0 Å². The number of hydrogen-bond acceptors (Lipinski definition) is 7. The number of nitrogens with one attached hydrogen (secondary N) is 1. The largest absolute Gasteiger partial charge is 0.449 e. The minimum Gasteiger partial charge on any atom is -0.449 e. The van der Waals surface area contributed by atoms with Crippen LogP contribution in [0, 0.1) is 10.1 Å². The molecule has 0 saturated carbocycles. The van der Waals surface area contributed by atoms with E-state index in [4.69, 9.17) is 10.5 Å². The number of nitrogen functional groups attached to an aromatic ring is 1. The second kappa shape index (κ2) is 8.09. The summed E-state index contributed by atoms with van der Waals surface area (Å²) < 4.78 is 5.04. The highest BCUT2D eigenvalue weighted by atomic mass is 16.6. The molecule has 27 heavy (non-hydrogen) atoms. The zero-order valence-corrected chi connectivity index (χ0v) is 14.6. The summed E-state index contributed by atoms with van der Waals surface area (Å²) in [4.78, 5) is 45.9.